The van der Waals surface area contributed by atoms with Crippen molar-refractivity contribution in [2.24, 2.45) is 5.10 Å². The van der Waals surface area contributed by atoms with Crippen molar-refractivity contribution in [3.63, 3.8) is 0 Å². The van der Waals surface area contributed by atoms with Crippen LogP contribution < -0.4 is 5.43 Å². The fraction of sp³-hybridized carbons (Fsp3) is 0. The molecule has 0 aliphatic heterocycles. The van der Waals surface area contributed by atoms with Crippen molar-refractivity contribution in [2.75, 3.05) is 5.43 Å². The van der Waals surface area contributed by atoms with Crippen LogP contribution in [0, 0.1) is 0 Å². The van der Waals surface area contributed by atoms with E-state index in [-0.39, 0.29) is 16.2 Å². The summed E-state index contributed by atoms with van der Waals surface area (Å²) in [5, 5.41) is 3.37. The van der Waals surface area contributed by atoms with E-state index in [1.165, 1.54) is 24.3 Å². The lowest BCUT2D eigenvalue weighted by Crippen LogP contribution is -2.26. The normalized spacial score (nSPS) is 11.6. The van der Waals surface area contributed by atoms with Crippen LogP contribution in [0.15, 0.2) is 125 Å². The highest BCUT2D eigenvalue weighted by Crippen LogP contribution is 2.18. The molecule has 34 heavy (non-hydrogen) atoms. The first-order valence-corrected chi connectivity index (χ1v) is 11.9. The highest BCUT2D eigenvalue weighted by molar-refractivity contribution is 8.08. The van der Waals surface area contributed by atoms with Gasteiger partial charge in [0.25, 0.3) is 0 Å². The fourth-order valence-electron chi connectivity index (χ4n) is 3.22. The SMILES string of the molecule is O=C(/C(=N\Nc1ccc(C(=O)c2ccccc2)cc1)S(=O)(=O)c1ccccc1)c1ccccc1. The number of nitrogens with one attached hydrogen (secondary N) is 1. The molecule has 0 aliphatic rings. The maximum atomic E-state index is 13.2. The molecule has 1 N–H and O–H groups in total. The lowest BCUT2D eigenvalue weighted by molar-refractivity contribution is 0.103. The van der Waals surface area contributed by atoms with Crippen LogP contribution in [-0.4, -0.2) is 25.0 Å². The van der Waals surface area contributed by atoms with Crippen molar-refractivity contribution in [2.45, 2.75) is 4.90 Å². The van der Waals surface area contributed by atoms with Crippen molar-refractivity contribution in [1.29, 1.82) is 0 Å². The second-order valence-electron chi connectivity index (χ2n) is 7.31. The molecule has 0 fully saturated rings. The summed E-state index contributed by atoms with van der Waals surface area (Å²) in [5.74, 6) is -0.866. The number of nitrogens with zero attached hydrogens (tertiary/aromatic N) is 1. The Hall–Kier alpha value is -4.36. The summed E-state index contributed by atoms with van der Waals surface area (Å²) >= 11 is 0. The van der Waals surface area contributed by atoms with Crippen LogP contribution in [0.2, 0.25) is 0 Å². The zero-order valence-electron chi connectivity index (χ0n) is 18.0. The summed E-state index contributed by atoms with van der Waals surface area (Å²) in [6.45, 7) is 0. The van der Waals surface area contributed by atoms with Gasteiger partial charge >= 0.3 is 0 Å². The summed E-state index contributed by atoms with van der Waals surface area (Å²) in [5.41, 5.74) is 4.31. The predicted octanol–water partition coefficient (Wildman–Crippen LogP) is 5.00. The minimum absolute atomic E-state index is 0.0383. The van der Waals surface area contributed by atoms with E-state index in [0.29, 0.717) is 16.8 Å². The predicted molar refractivity (Wildman–Crippen MR) is 132 cm³/mol. The first-order chi connectivity index (χ1) is 16.5. The summed E-state index contributed by atoms with van der Waals surface area (Å²) in [6, 6.07) is 31.0. The third kappa shape index (κ3) is 5.00. The highest BCUT2D eigenvalue weighted by Gasteiger charge is 2.30. The van der Waals surface area contributed by atoms with Crippen molar-refractivity contribution in [1.82, 2.24) is 0 Å². The van der Waals surface area contributed by atoms with Gasteiger partial charge in [-0.3, -0.25) is 15.0 Å². The molecular weight excluding hydrogens is 448 g/mol. The molecule has 0 aliphatic carbocycles. The Morgan fingerprint density at radius 2 is 1.06 bits per heavy atom. The molecule has 0 radical (unpaired) electrons. The number of carbonyl (C=O) groups excluding carboxylic acids is 2. The van der Waals surface area contributed by atoms with Crippen LogP contribution in [0.4, 0.5) is 5.69 Å². The Balaban J connectivity index is 1.64. The van der Waals surface area contributed by atoms with Gasteiger partial charge < -0.3 is 0 Å². The number of sulfone groups is 1. The molecule has 0 aromatic heterocycles. The van der Waals surface area contributed by atoms with Crippen LogP contribution in [-0.2, 0) is 9.84 Å². The van der Waals surface area contributed by atoms with E-state index in [2.05, 4.69) is 10.5 Å². The van der Waals surface area contributed by atoms with E-state index >= 15 is 0 Å². The number of rotatable bonds is 7. The van der Waals surface area contributed by atoms with E-state index in [1.54, 1.807) is 84.9 Å². The molecule has 0 spiro atoms. The molecule has 0 saturated heterocycles. The van der Waals surface area contributed by atoms with E-state index in [9.17, 15) is 18.0 Å². The summed E-state index contributed by atoms with van der Waals surface area (Å²) < 4.78 is 26.5. The van der Waals surface area contributed by atoms with Gasteiger partial charge in [0, 0.05) is 16.7 Å². The van der Waals surface area contributed by atoms with Gasteiger partial charge in [-0.2, -0.15) is 5.10 Å². The Morgan fingerprint density at radius 3 is 1.62 bits per heavy atom. The molecule has 6 nitrogen and oxygen atoms in total. The molecule has 168 valence electrons. The lowest BCUT2D eigenvalue weighted by Gasteiger charge is -2.09. The maximum absolute atomic E-state index is 13.2. The number of benzene rings is 4. The summed E-state index contributed by atoms with van der Waals surface area (Å²) in [4.78, 5) is 25.6. The number of ketones is 2. The number of Topliss-reactive ketones (excluding diaryl/α,β-unsaturated/α-hetero) is 1. The Labute approximate surface area is 197 Å². The van der Waals surface area contributed by atoms with Crippen molar-refractivity contribution < 1.29 is 18.0 Å². The molecular formula is C27H20N2O4S. The quantitative estimate of drug-likeness (QED) is 0.178. The Bertz CT molecular complexity index is 1430. The standard InChI is InChI=1S/C27H20N2O4S/c30-25(20-10-4-1-5-11-20)22-16-18-23(19-17-22)28-29-27(26(31)21-12-6-2-7-13-21)34(32,33)24-14-8-3-9-15-24/h1-19,28H/b29-27+. The summed E-state index contributed by atoms with van der Waals surface area (Å²) in [7, 11) is -4.19. The molecule has 0 unspecified atom stereocenters. The third-order valence-electron chi connectivity index (χ3n) is 5.01. The monoisotopic (exact) mass is 468 g/mol. The second kappa shape index (κ2) is 10.1. The van der Waals surface area contributed by atoms with Crippen LogP contribution >= 0.6 is 0 Å². The molecule has 7 heteroatoms. The molecule has 4 aromatic rings. The Kier molecular flexibility index (Phi) is 6.75. The van der Waals surface area contributed by atoms with Crippen LogP contribution in [0.1, 0.15) is 26.3 Å². The minimum Gasteiger partial charge on any atom is -0.289 e. The number of hydrogen-bond acceptors (Lipinski definition) is 6. The molecule has 0 atom stereocenters. The van der Waals surface area contributed by atoms with E-state index in [1.807, 2.05) is 6.07 Å². The molecule has 0 amide bonds. The smallest absolute Gasteiger partial charge is 0.229 e. The maximum Gasteiger partial charge on any atom is 0.229 e. The third-order valence-corrected chi connectivity index (χ3v) is 6.69. The van der Waals surface area contributed by atoms with Crippen LogP contribution in [0.3, 0.4) is 0 Å². The van der Waals surface area contributed by atoms with Crippen molar-refractivity contribution >= 4 is 32.1 Å². The average Bonchev–Trinajstić information content (AvgIpc) is 2.90. The van der Waals surface area contributed by atoms with Gasteiger partial charge in [-0.1, -0.05) is 78.9 Å². The molecule has 0 heterocycles. The lowest BCUT2D eigenvalue weighted by atomic mass is 10.0. The van der Waals surface area contributed by atoms with Crippen molar-refractivity contribution in [3.8, 4) is 0 Å². The van der Waals surface area contributed by atoms with E-state index in [4.69, 9.17) is 0 Å². The van der Waals surface area contributed by atoms with Gasteiger partial charge in [0.2, 0.25) is 20.7 Å². The van der Waals surface area contributed by atoms with Gasteiger partial charge in [-0.15, -0.1) is 0 Å². The second-order valence-corrected chi connectivity index (χ2v) is 9.18. The van der Waals surface area contributed by atoms with E-state index in [0.717, 1.165) is 0 Å². The topological polar surface area (TPSA) is 92.7 Å². The van der Waals surface area contributed by atoms with Crippen LogP contribution in [0.5, 0.6) is 0 Å². The number of carbonyl (C=O) groups is 2. The van der Waals surface area contributed by atoms with Crippen molar-refractivity contribution in [3.05, 3.63) is 132 Å². The largest absolute Gasteiger partial charge is 0.289 e. The number of hydrogen-bond donors (Lipinski definition) is 1. The Morgan fingerprint density at radius 1 is 0.588 bits per heavy atom. The highest BCUT2D eigenvalue weighted by atomic mass is 32.2. The van der Waals surface area contributed by atoms with Gasteiger partial charge in [0.1, 0.15) is 0 Å². The van der Waals surface area contributed by atoms with Crippen LogP contribution in [0.25, 0.3) is 0 Å². The zero-order valence-corrected chi connectivity index (χ0v) is 18.8. The molecule has 4 rings (SSSR count). The summed E-state index contributed by atoms with van der Waals surface area (Å²) in [6.07, 6.45) is 0. The minimum atomic E-state index is -4.19. The molecule has 4 aromatic carbocycles. The number of hydrazone groups is 1. The molecule has 0 saturated carbocycles. The fourth-order valence-corrected chi connectivity index (χ4v) is 4.49. The zero-order chi connectivity index (χ0) is 24.0. The van der Waals surface area contributed by atoms with Gasteiger partial charge in [0.15, 0.2) is 5.78 Å². The molecule has 0 bridgehead atoms. The van der Waals surface area contributed by atoms with E-state index < -0.39 is 20.7 Å². The first kappa shape index (κ1) is 22.8. The van der Waals surface area contributed by atoms with Gasteiger partial charge in [0.05, 0.1) is 10.6 Å². The van der Waals surface area contributed by atoms with Gasteiger partial charge in [-0.05, 0) is 36.4 Å². The average molecular weight is 469 g/mol. The first-order valence-electron chi connectivity index (χ1n) is 10.4. The van der Waals surface area contributed by atoms with Gasteiger partial charge in [-0.25, -0.2) is 8.42 Å². The number of anilines is 1.